The molecule has 162 valence electrons. The quantitative estimate of drug-likeness (QED) is 0.512. The lowest BCUT2D eigenvalue weighted by Gasteiger charge is -2.06. The fraction of sp³-hybridized carbons (Fsp3) is 0.263. The molecule has 0 aliphatic heterocycles. The summed E-state index contributed by atoms with van der Waals surface area (Å²) in [4.78, 5) is 26.5. The molecule has 0 radical (unpaired) electrons. The van der Waals surface area contributed by atoms with Crippen molar-refractivity contribution in [3.8, 4) is 0 Å². The number of rotatable bonds is 7. The Morgan fingerprint density at radius 3 is 2.87 bits per heavy atom. The lowest BCUT2D eigenvalue weighted by molar-refractivity contribution is -0.113. The average molecular weight is 480 g/mol. The number of anilines is 1. The minimum absolute atomic E-state index is 0.00930. The molecular weight excluding hydrogens is 462 g/mol. The molecule has 0 saturated heterocycles. The van der Waals surface area contributed by atoms with Gasteiger partial charge in [-0.05, 0) is 42.3 Å². The summed E-state index contributed by atoms with van der Waals surface area (Å²) in [6.07, 6.45) is 5.66. The number of amides is 1. The van der Waals surface area contributed by atoms with Crippen LogP contribution in [0.4, 0.5) is 5.00 Å². The van der Waals surface area contributed by atoms with E-state index in [2.05, 4.69) is 15.5 Å². The van der Waals surface area contributed by atoms with Crippen LogP contribution in [0.3, 0.4) is 0 Å². The van der Waals surface area contributed by atoms with Crippen molar-refractivity contribution in [2.75, 3.05) is 18.2 Å². The van der Waals surface area contributed by atoms with Crippen LogP contribution in [-0.4, -0.2) is 43.4 Å². The molecule has 9 nitrogen and oxygen atoms in total. The molecule has 4 rings (SSSR count). The molecule has 1 aliphatic carbocycles. The van der Waals surface area contributed by atoms with E-state index in [4.69, 9.17) is 9.15 Å². The molecule has 0 saturated carbocycles. The number of aromatic nitrogens is 2. The predicted molar refractivity (Wildman–Crippen MR) is 116 cm³/mol. The summed E-state index contributed by atoms with van der Waals surface area (Å²) < 4.78 is 35.1. The number of thiophene rings is 2. The third-order valence-electron chi connectivity index (χ3n) is 4.51. The van der Waals surface area contributed by atoms with Gasteiger partial charge in [0.25, 0.3) is 0 Å². The number of ether oxygens (including phenoxy) is 1. The lowest BCUT2D eigenvalue weighted by atomic mass is 10.1. The minimum Gasteiger partial charge on any atom is -0.465 e. The zero-order chi connectivity index (χ0) is 22.0. The summed E-state index contributed by atoms with van der Waals surface area (Å²) in [5.41, 5.74) is 1.15. The molecule has 0 bridgehead atoms. The highest BCUT2D eigenvalue weighted by molar-refractivity contribution is 7.91. The number of fused-ring (bicyclic) bond motifs is 1. The first-order chi connectivity index (χ1) is 14.9. The molecule has 12 heteroatoms. The number of sulfone groups is 1. The number of aryl methyl sites for hydroxylation is 1. The third kappa shape index (κ3) is 4.60. The number of hydrogen-bond donors (Lipinski definition) is 1. The second kappa shape index (κ2) is 8.73. The molecule has 3 heterocycles. The van der Waals surface area contributed by atoms with Crippen molar-refractivity contribution in [3.05, 3.63) is 44.3 Å². The Hall–Kier alpha value is -2.83. The van der Waals surface area contributed by atoms with Gasteiger partial charge in [0.15, 0.2) is 0 Å². The van der Waals surface area contributed by atoms with Crippen molar-refractivity contribution in [3.63, 3.8) is 0 Å². The van der Waals surface area contributed by atoms with Gasteiger partial charge in [-0.15, -0.1) is 27.8 Å². The van der Waals surface area contributed by atoms with Crippen LogP contribution in [0.2, 0.25) is 0 Å². The molecule has 3 aromatic rings. The third-order valence-corrected chi connectivity index (χ3v) is 7.89. The maximum Gasteiger partial charge on any atom is 0.341 e. The second-order valence-electron chi connectivity index (χ2n) is 6.62. The maximum atomic E-state index is 12.5. The number of nitrogens with zero attached hydrogens (tertiary/aromatic N) is 2. The molecule has 31 heavy (non-hydrogen) atoms. The Labute approximate surface area is 185 Å². The van der Waals surface area contributed by atoms with Crippen LogP contribution >= 0.6 is 22.7 Å². The van der Waals surface area contributed by atoms with Crippen LogP contribution in [0.1, 0.15) is 38.0 Å². The fourth-order valence-electron chi connectivity index (χ4n) is 3.16. The zero-order valence-electron chi connectivity index (χ0n) is 16.3. The highest BCUT2D eigenvalue weighted by Gasteiger charge is 2.30. The fourth-order valence-corrected chi connectivity index (χ4v) is 5.99. The highest BCUT2D eigenvalue weighted by Crippen LogP contribution is 2.39. The molecule has 1 amide bonds. The Balaban J connectivity index is 1.47. The van der Waals surface area contributed by atoms with E-state index >= 15 is 0 Å². The van der Waals surface area contributed by atoms with Gasteiger partial charge in [0, 0.05) is 15.8 Å². The van der Waals surface area contributed by atoms with Gasteiger partial charge in [0.2, 0.25) is 21.6 Å². The number of hydrogen-bond acceptors (Lipinski definition) is 10. The zero-order valence-corrected chi connectivity index (χ0v) is 18.7. The summed E-state index contributed by atoms with van der Waals surface area (Å²) in [7, 11) is -2.90. The summed E-state index contributed by atoms with van der Waals surface area (Å²) in [6.45, 7) is 0. The standard InChI is InChI=1S/C19H17N3O6S3/c1-27-18(24)16-12-5-2-6-13(12)30-17(16)20-14(23)10-31(25,26)19-22-21-15(28-19)8-7-11-4-3-9-29-11/h3-4,7-9H,2,5-6,10H2,1H3,(H,20,23). The van der Waals surface area contributed by atoms with E-state index in [0.717, 1.165) is 28.2 Å². The van der Waals surface area contributed by atoms with Crippen molar-refractivity contribution in [2.45, 2.75) is 24.5 Å². The molecular formula is C19H17N3O6S3. The number of esters is 1. The number of methoxy groups -OCH3 is 1. The first kappa shape index (κ1) is 21.4. The molecule has 0 unspecified atom stereocenters. The van der Waals surface area contributed by atoms with E-state index in [-0.39, 0.29) is 5.89 Å². The van der Waals surface area contributed by atoms with Crippen LogP contribution in [0.5, 0.6) is 0 Å². The van der Waals surface area contributed by atoms with E-state index in [0.29, 0.717) is 17.0 Å². The Morgan fingerprint density at radius 1 is 1.29 bits per heavy atom. The topological polar surface area (TPSA) is 128 Å². The van der Waals surface area contributed by atoms with E-state index < -0.39 is 32.7 Å². The molecule has 1 aliphatic rings. The number of carbonyl (C=O) groups excluding carboxylic acids is 2. The Kier molecular flexibility index (Phi) is 6.03. The lowest BCUT2D eigenvalue weighted by Crippen LogP contribution is -2.24. The maximum absolute atomic E-state index is 12.5. The van der Waals surface area contributed by atoms with Crippen LogP contribution in [-0.2, 0) is 32.2 Å². The molecule has 0 aromatic carbocycles. The van der Waals surface area contributed by atoms with Crippen molar-refractivity contribution in [2.24, 2.45) is 0 Å². The highest BCUT2D eigenvalue weighted by atomic mass is 32.2. The van der Waals surface area contributed by atoms with Crippen molar-refractivity contribution >= 4 is 61.5 Å². The van der Waals surface area contributed by atoms with Gasteiger partial charge >= 0.3 is 11.2 Å². The molecule has 0 atom stereocenters. The molecule has 1 N–H and O–H groups in total. The first-order valence-corrected chi connectivity index (χ1v) is 12.5. The normalized spacial score (nSPS) is 13.5. The smallest absolute Gasteiger partial charge is 0.341 e. The van der Waals surface area contributed by atoms with Crippen molar-refractivity contribution in [1.29, 1.82) is 0 Å². The van der Waals surface area contributed by atoms with Gasteiger partial charge in [0.05, 0.1) is 12.7 Å². The number of nitrogens with one attached hydrogen (secondary N) is 1. The SMILES string of the molecule is COC(=O)c1c(NC(=O)CS(=O)(=O)c2nnc(C=Cc3cccs3)o2)sc2c1CCC2. The summed E-state index contributed by atoms with van der Waals surface area (Å²) in [5.74, 6) is -2.25. The Morgan fingerprint density at radius 2 is 2.13 bits per heavy atom. The monoisotopic (exact) mass is 479 g/mol. The summed E-state index contributed by atoms with van der Waals surface area (Å²) in [6, 6.07) is 3.75. The van der Waals surface area contributed by atoms with Gasteiger partial charge in [-0.25, -0.2) is 13.2 Å². The minimum atomic E-state index is -4.16. The van der Waals surface area contributed by atoms with Crippen LogP contribution < -0.4 is 5.32 Å². The van der Waals surface area contributed by atoms with E-state index in [1.54, 1.807) is 6.08 Å². The summed E-state index contributed by atoms with van der Waals surface area (Å²) >= 11 is 2.76. The van der Waals surface area contributed by atoms with E-state index in [1.165, 1.54) is 35.9 Å². The van der Waals surface area contributed by atoms with Gasteiger partial charge in [-0.3, -0.25) is 4.79 Å². The van der Waals surface area contributed by atoms with Crippen LogP contribution in [0.15, 0.2) is 27.2 Å². The van der Waals surface area contributed by atoms with Gasteiger partial charge in [0.1, 0.15) is 10.8 Å². The predicted octanol–water partition coefficient (Wildman–Crippen LogP) is 3.05. The van der Waals surface area contributed by atoms with Crippen molar-refractivity contribution < 1.29 is 27.2 Å². The second-order valence-corrected chi connectivity index (χ2v) is 10.6. The van der Waals surface area contributed by atoms with Gasteiger partial charge < -0.3 is 14.5 Å². The van der Waals surface area contributed by atoms with Crippen molar-refractivity contribution in [1.82, 2.24) is 10.2 Å². The first-order valence-electron chi connectivity index (χ1n) is 9.18. The molecule has 3 aromatic heterocycles. The van der Waals surface area contributed by atoms with E-state index in [9.17, 15) is 18.0 Å². The molecule has 0 spiro atoms. The van der Waals surface area contributed by atoms with Gasteiger partial charge in [-0.1, -0.05) is 11.2 Å². The van der Waals surface area contributed by atoms with Crippen LogP contribution in [0, 0.1) is 0 Å². The average Bonchev–Trinajstić information content (AvgIpc) is 3.49. The van der Waals surface area contributed by atoms with Crippen LogP contribution in [0.25, 0.3) is 12.2 Å². The Bertz CT molecular complexity index is 1260. The van der Waals surface area contributed by atoms with Gasteiger partial charge in [-0.2, -0.15) is 0 Å². The molecule has 0 fully saturated rings. The number of carbonyl (C=O) groups is 2. The van der Waals surface area contributed by atoms with E-state index in [1.807, 2.05) is 17.5 Å². The largest absolute Gasteiger partial charge is 0.465 e. The summed E-state index contributed by atoms with van der Waals surface area (Å²) in [5, 5.41) is 11.3.